The number of nitrogens with zero attached hydrogens (tertiary/aromatic N) is 3. The van der Waals surface area contributed by atoms with E-state index in [0.29, 0.717) is 25.0 Å². The maximum Gasteiger partial charge on any atom is 0.228 e. The van der Waals surface area contributed by atoms with Gasteiger partial charge in [0, 0.05) is 25.9 Å². The number of hydrogen-bond donors (Lipinski definition) is 1. The fourth-order valence-corrected chi connectivity index (χ4v) is 1.17. The van der Waals surface area contributed by atoms with Crippen molar-refractivity contribution in [3.05, 3.63) is 12.3 Å². The molecule has 2 N–H and O–H groups in total. The van der Waals surface area contributed by atoms with E-state index < -0.39 is 0 Å². The molecule has 0 fully saturated rings. The van der Waals surface area contributed by atoms with Crippen LogP contribution in [0.4, 0.5) is 5.95 Å². The maximum absolute atomic E-state index is 5.44. The average molecular weight is 210 g/mol. The molecule has 1 heterocycles. The van der Waals surface area contributed by atoms with E-state index in [1.54, 1.807) is 12.3 Å². The Morgan fingerprint density at radius 3 is 3.00 bits per heavy atom. The van der Waals surface area contributed by atoms with Gasteiger partial charge in [0.25, 0.3) is 0 Å². The first-order chi connectivity index (χ1) is 7.27. The van der Waals surface area contributed by atoms with Crippen LogP contribution in [0, 0.1) is 0 Å². The standard InChI is InChI=1S/C10H18N4O/c1-3-15-9-5-7-12-10(13-9)14(2)8-4-6-11/h5,7H,3-4,6,8,11H2,1-2H3. The Balaban J connectivity index is 2.62. The highest BCUT2D eigenvalue weighted by molar-refractivity contribution is 5.30. The second-order valence-corrected chi connectivity index (χ2v) is 3.19. The van der Waals surface area contributed by atoms with Gasteiger partial charge < -0.3 is 15.4 Å². The fraction of sp³-hybridized carbons (Fsp3) is 0.600. The molecular weight excluding hydrogens is 192 g/mol. The van der Waals surface area contributed by atoms with Gasteiger partial charge in [-0.3, -0.25) is 0 Å². The molecule has 0 aliphatic heterocycles. The number of rotatable bonds is 6. The maximum atomic E-state index is 5.44. The molecule has 0 bridgehead atoms. The van der Waals surface area contributed by atoms with Crippen LogP contribution in [0.15, 0.2) is 12.3 Å². The second kappa shape index (κ2) is 6.19. The van der Waals surface area contributed by atoms with Crippen LogP contribution in [0.2, 0.25) is 0 Å². The summed E-state index contributed by atoms with van der Waals surface area (Å²) in [7, 11) is 1.95. The van der Waals surface area contributed by atoms with Crippen molar-refractivity contribution in [1.29, 1.82) is 0 Å². The third-order valence-electron chi connectivity index (χ3n) is 1.95. The summed E-state index contributed by atoms with van der Waals surface area (Å²) >= 11 is 0. The molecule has 15 heavy (non-hydrogen) atoms. The van der Waals surface area contributed by atoms with Crippen molar-refractivity contribution in [3.8, 4) is 5.88 Å². The zero-order valence-electron chi connectivity index (χ0n) is 9.31. The lowest BCUT2D eigenvalue weighted by molar-refractivity contribution is 0.326. The molecule has 0 atom stereocenters. The van der Waals surface area contributed by atoms with E-state index in [-0.39, 0.29) is 0 Å². The number of aromatic nitrogens is 2. The molecule has 0 aliphatic carbocycles. The zero-order chi connectivity index (χ0) is 11.1. The lowest BCUT2D eigenvalue weighted by Gasteiger charge is -2.16. The van der Waals surface area contributed by atoms with Crippen molar-refractivity contribution < 1.29 is 4.74 Å². The van der Waals surface area contributed by atoms with E-state index in [1.165, 1.54) is 0 Å². The number of hydrogen-bond acceptors (Lipinski definition) is 5. The molecule has 5 nitrogen and oxygen atoms in total. The van der Waals surface area contributed by atoms with E-state index in [0.717, 1.165) is 13.0 Å². The lowest BCUT2D eigenvalue weighted by Crippen LogP contribution is -2.23. The molecule has 0 aromatic carbocycles. The molecule has 0 saturated heterocycles. The summed E-state index contributed by atoms with van der Waals surface area (Å²) in [5.41, 5.74) is 5.44. The van der Waals surface area contributed by atoms with Gasteiger partial charge in [0.15, 0.2) is 0 Å². The van der Waals surface area contributed by atoms with Crippen LogP contribution in [-0.4, -0.2) is 36.7 Å². The first-order valence-electron chi connectivity index (χ1n) is 5.15. The predicted molar refractivity (Wildman–Crippen MR) is 60.1 cm³/mol. The number of anilines is 1. The highest BCUT2D eigenvalue weighted by Crippen LogP contribution is 2.11. The first-order valence-corrected chi connectivity index (χ1v) is 5.15. The summed E-state index contributed by atoms with van der Waals surface area (Å²) in [6.45, 7) is 4.07. The topological polar surface area (TPSA) is 64.3 Å². The fourth-order valence-electron chi connectivity index (χ4n) is 1.17. The van der Waals surface area contributed by atoms with Crippen LogP contribution in [0.5, 0.6) is 5.88 Å². The molecule has 0 spiro atoms. The van der Waals surface area contributed by atoms with Gasteiger partial charge in [0.05, 0.1) is 6.61 Å². The van der Waals surface area contributed by atoms with Crippen molar-refractivity contribution >= 4 is 5.95 Å². The highest BCUT2D eigenvalue weighted by atomic mass is 16.5. The predicted octanol–water partition coefficient (Wildman–Crippen LogP) is 0.660. The summed E-state index contributed by atoms with van der Waals surface area (Å²) in [4.78, 5) is 10.4. The summed E-state index contributed by atoms with van der Waals surface area (Å²) in [6.07, 6.45) is 2.63. The molecular formula is C10H18N4O. The van der Waals surface area contributed by atoms with Gasteiger partial charge in [-0.05, 0) is 19.9 Å². The summed E-state index contributed by atoms with van der Waals surface area (Å²) in [6, 6.07) is 1.75. The summed E-state index contributed by atoms with van der Waals surface area (Å²) < 4.78 is 5.30. The second-order valence-electron chi connectivity index (χ2n) is 3.19. The molecule has 1 aromatic rings. The molecule has 0 radical (unpaired) electrons. The van der Waals surface area contributed by atoms with Crippen molar-refractivity contribution in [2.24, 2.45) is 5.73 Å². The number of ether oxygens (including phenoxy) is 1. The van der Waals surface area contributed by atoms with Crippen molar-refractivity contribution in [2.45, 2.75) is 13.3 Å². The molecule has 1 rings (SSSR count). The van der Waals surface area contributed by atoms with Crippen molar-refractivity contribution in [3.63, 3.8) is 0 Å². The van der Waals surface area contributed by atoms with Gasteiger partial charge in [-0.2, -0.15) is 4.98 Å². The van der Waals surface area contributed by atoms with E-state index >= 15 is 0 Å². The van der Waals surface area contributed by atoms with Gasteiger partial charge in [0.2, 0.25) is 11.8 Å². The molecule has 5 heteroatoms. The third-order valence-corrected chi connectivity index (χ3v) is 1.95. The Bertz CT molecular complexity index is 293. The Morgan fingerprint density at radius 1 is 1.53 bits per heavy atom. The Hall–Kier alpha value is -1.36. The van der Waals surface area contributed by atoms with Crippen LogP contribution >= 0.6 is 0 Å². The highest BCUT2D eigenvalue weighted by Gasteiger charge is 2.04. The van der Waals surface area contributed by atoms with E-state index in [9.17, 15) is 0 Å². The van der Waals surface area contributed by atoms with Crippen LogP contribution in [-0.2, 0) is 0 Å². The van der Waals surface area contributed by atoms with Gasteiger partial charge in [-0.1, -0.05) is 0 Å². The third kappa shape index (κ3) is 3.71. The van der Waals surface area contributed by atoms with Crippen LogP contribution < -0.4 is 15.4 Å². The lowest BCUT2D eigenvalue weighted by atomic mass is 10.4. The van der Waals surface area contributed by atoms with E-state index in [4.69, 9.17) is 10.5 Å². The first kappa shape index (κ1) is 11.7. The largest absolute Gasteiger partial charge is 0.478 e. The van der Waals surface area contributed by atoms with Gasteiger partial charge in [-0.25, -0.2) is 4.98 Å². The summed E-state index contributed by atoms with van der Waals surface area (Å²) in [5, 5.41) is 0. The Morgan fingerprint density at radius 2 is 2.33 bits per heavy atom. The van der Waals surface area contributed by atoms with Gasteiger partial charge in [0.1, 0.15) is 0 Å². The minimum absolute atomic E-state index is 0.613. The van der Waals surface area contributed by atoms with Crippen molar-refractivity contribution in [2.75, 3.05) is 31.6 Å². The quantitative estimate of drug-likeness (QED) is 0.747. The average Bonchev–Trinajstić information content (AvgIpc) is 2.27. The van der Waals surface area contributed by atoms with Gasteiger partial charge in [-0.15, -0.1) is 0 Å². The van der Waals surface area contributed by atoms with Crippen LogP contribution in [0.25, 0.3) is 0 Å². The Kier molecular flexibility index (Phi) is 4.83. The normalized spacial score (nSPS) is 10.1. The molecule has 1 aromatic heterocycles. The molecule has 0 unspecified atom stereocenters. The SMILES string of the molecule is CCOc1ccnc(N(C)CCCN)n1. The molecule has 0 aliphatic rings. The van der Waals surface area contributed by atoms with Gasteiger partial charge >= 0.3 is 0 Å². The Labute approximate surface area is 90.3 Å². The molecule has 0 saturated carbocycles. The van der Waals surface area contributed by atoms with E-state index in [2.05, 4.69) is 9.97 Å². The van der Waals surface area contributed by atoms with Crippen LogP contribution in [0.1, 0.15) is 13.3 Å². The minimum atomic E-state index is 0.613. The smallest absolute Gasteiger partial charge is 0.228 e. The number of nitrogens with two attached hydrogens (primary N) is 1. The zero-order valence-corrected chi connectivity index (χ0v) is 9.31. The van der Waals surface area contributed by atoms with Crippen molar-refractivity contribution in [1.82, 2.24) is 9.97 Å². The van der Waals surface area contributed by atoms with Crippen LogP contribution in [0.3, 0.4) is 0 Å². The molecule has 84 valence electrons. The minimum Gasteiger partial charge on any atom is -0.478 e. The molecule has 0 amide bonds. The monoisotopic (exact) mass is 210 g/mol. The van der Waals surface area contributed by atoms with E-state index in [1.807, 2.05) is 18.9 Å². The summed E-state index contributed by atoms with van der Waals surface area (Å²) in [5.74, 6) is 1.29.